The third kappa shape index (κ3) is 7.40. The molecule has 0 saturated heterocycles. The van der Waals surface area contributed by atoms with Crippen molar-refractivity contribution >= 4 is 48.9 Å². The van der Waals surface area contributed by atoms with E-state index in [0.717, 1.165) is 24.3 Å². The molecule has 0 aliphatic rings. The first kappa shape index (κ1) is 31.3. The van der Waals surface area contributed by atoms with Gasteiger partial charge in [-0.25, -0.2) is 21.8 Å². The molecule has 1 aromatic heterocycles. The number of pyridine rings is 1. The molecule has 0 aliphatic carbocycles. The second-order valence-corrected chi connectivity index (χ2v) is 9.54. The number of hydrogen-bond acceptors (Lipinski definition) is 12. The molecule has 2 N–H and O–H groups in total. The molecule has 12 nitrogen and oxygen atoms in total. The number of anilines is 4. The van der Waals surface area contributed by atoms with E-state index in [4.69, 9.17) is 0 Å². The van der Waals surface area contributed by atoms with Crippen LogP contribution in [-0.4, -0.2) is 38.0 Å². The van der Waals surface area contributed by atoms with Crippen LogP contribution >= 0.6 is 0 Å². The van der Waals surface area contributed by atoms with E-state index in [0.29, 0.717) is 16.9 Å². The molecule has 0 amide bonds. The van der Waals surface area contributed by atoms with Crippen molar-refractivity contribution in [3.05, 3.63) is 59.7 Å². The van der Waals surface area contributed by atoms with Crippen LogP contribution in [0.25, 0.3) is 0 Å². The van der Waals surface area contributed by atoms with Crippen molar-refractivity contribution in [1.82, 2.24) is 4.98 Å². The standard InChI is InChI=1S/C20H18N6O6S2.2Li/c1-12-17(11-21)19(23-13-3-7-15(8-4-13)33(27,28)29)25-20(18(12)26-22-2)24-14-5-9-16(10-6-14)34(30,31)32;;/h3-10H,1-2H3,(H2,23,24,25)(H,27,28,29)(H,30,31,32);;/q;2*+1/p-2. The zero-order chi connectivity index (χ0) is 25.1. The van der Waals surface area contributed by atoms with Crippen molar-refractivity contribution in [3.63, 3.8) is 0 Å². The van der Waals surface area contributed by atoms with Crippen molar-refractivity contribution in [2.75, 3.05) is 17.7 Å². The summed E-state index contributed by atoms with van der Waals surface area (Å²) in [4.78, 5) is 3.59. The number of nitrogens with one attached hydrogen (secondary N) is 2. The number of benzene rings is 2. The van der Waals surface area contributed by atoms with Gasteiger partial charge in [0.25, 0.3) is 0 Å². The van der Waals surface area contributed by atoms with Crippen LogP contribution < -0.4 is 48.4 Å². The van der Waals surface area contributed by atoms with Gasteiger partial charge in [-0.3, -0.25) is 0 Å². The van der Waals surface area contributed by atoms with Gasteiger partial charge < -0.3 is 19.7 Å². The minimum atomic E-state index is -4.61. The van der Waals surface area contributed by atoms with Crippen LogP contribution in [0.15, 0.2) is 68.6 Å². The summed E-state index contributed by atoms with van der Waals surface area (Å²) in [5.41, 5.74) is 1.55. The predicted molar refractivity (Wildman–Crippen MR) is 120 cm³/mol. The van der Waals surface area contributed by atoms with E-state index in [1.54, 1.807) is 6.92 Å². The maximum absolute atomic E-state index is 11.1. The summed E-state index contributed by atoms with van der Waals surface area (Å²) in [6.45, 7) is 1.63. The van der Waals surface area contributed by atoms with Crippen molar-refractivity contribution in [1.29, 1.82) is 5.26 Å². The molecule has 0 radical (unpaired) electrons. The van der Waals surface area contributed by atoms with Crippen molar-refractivity contribution in [2.45, 2.75) is 16.7 Å². The van der Waals surface area contributed by atoms with Crippen molar-refractivity contribution in [3.8, 4) is 6.07 Å². The molecule has 16 heteroatoms. The first-order valence-corrected chi connectivity index (χ1v) is 12.2. The monoisotopic (exact) mass is 514 g/mol. The maximum atomic E-state index is 11.1. The molecule has 0 spiro atoms. The van der Waals surface area contributed by atoms with Crippen LogP contribution in [0.1, 0.15) is 11.1 Å². The zero-order valence-corrected chi connectivity index (χ0v) is 21.3. The van der Waals surface area contributed by atoms with Crippen LogP contribution in [0.5, 0.6) is 0 Å². The minimum Gasteiger partial charge on any atom is -0.744 e. The molecule has 0 saturated carbocycles. The molecule has 0 atom stereocenters. The fourth-order valence-electron chi connectivity index (χ4n) is 2.91. The maximum Gasteiger partial charge on any atom is 1.00 e. The van der Waals surface area contributed by atoms with Crippen LogP contribution in [-0.2, 0) is 20.2 Å². The van der Waals surface area contributed by atoms with Gasteiger partial charge in [0.2, 0.25) is 0 Å². The Morgan fingerprint density at radius 2 is 1.25 bits per heavy atom. The largest absolute Gasteiger partial charge is 1.00 e. The number of nitriles is 1. The van der Waals surface area contributed by atoms with Gasteiger partial charge in [0, 0.05) is 24.0 Å². The Morgan fingerprint density at radius 3 is 1.61 bits per heavy atom. The molecular weight excluding hydrogens is 498 g/mol. The molecule has 0 unspecified atom stereocenters. The third-order valence-corrected chi connectivity index (χ3v) is 6.24. The Labute approximate surface area is 232 Å². The van der Waals surface area contributed by atoms with Crippen LogP contribution in [0.2, 0.25) is 0 Å². The Hall–Kier alpha value is -2.71. The Balaban J connectivity index is 0.00000324. The van der Waals surface area contributed by atoms with Crippen LogP contribution in [0, 0.1) is 18.3 Å². The van der Waals surface area contributed by atoms with E-state index in [1.165, 1.54) is 31.3 Å². The summed E-state index contributed by atoms with van der Waals surface area (Å²) in [6.07, 6.45) is 0. The fourth-order valence-corrected chi connectivity index (χ4v) is 3.85. The average molecular weight is 514 g/mol. The van der Waals surface area contributed by atoms with Crippen molar-refractivity contribution in [2.24, 2.45) is 10.2 Å². The molecule has 3 aromatic rings. The molecule has 0 fully saturated rings. The van der Waals surface area contributed by atoms with Gasteiger partial charge in [0.15, 0.2) is 11.6 Å². The van der Waals surface area contributed by atoms with E-state index in [1.807, 2.05) is 6.07 Å². The Kier molecular flexibility index (Phi) is 10.9. The second-order valence-electron chi connectivity index (χ2n) is 6.78. The van der Waals surface area contributed by atoms with Gasteiger partial charge in [-0.05, 0) is 55.5 Å². The quantitative estimate of drug-likeness (QED) is 0.190. The fraction of sp³-hybridized carbons (Fsp3) is 0.100. The molecule has 3 rings (SSSR count). The van der Waals surface area contributed by atoms with E-state index in [9.17, 15) is 31.2 Å². The Morgan fingerprint density at radius 1 is 0.833 bits per heavy atom. The summed E-state index contributed by atoms with van der Waals surface area (Å²) in [5, 5.41) is 23.3. The third-order valence-electron chi connectivity index (χ3n) is 4.54. The van der Waals surface area contributed by atoms with Gasteiger partial charge in [-0.15, -0.1) is 0 Å². The van der Waals surface area contributed by atoms with Gasteiger partial charge in [-0.2, -0.15) is 15.5 Å². The first-order chi connectivity index (χ1) is 15.9. The molecular formula is C20H16Li2N6O6S2. The summed E-state index contributed by atoms with van der Waals surface area (Å²) in [6, 6.07) is 12.0. The molecule has 36 heavy (non-hydrogen) atoms. The van der Waals surface area contributed by atoms with E-state index in [2.05, 4.69) is 25.8 Å². The normalized spacial score (nSPS) is 11.2. The SMILES string of the molecule is CN=Nc1c(Nc2ccc(S(=O)(=O)[O-])cc2)nc(Nc2ccc(S(=O)(=O)[O-])cc2)c(C#N)c1C.[Li+].[Li+]. The predicted octanol–water partition coefficient (Wildman–Crippen LogP) is -2.72. The minimum absolute atomic E-state index is 0. The number of hydrogen-bond donors (Lipinski definition) is 2. The average Bonchev–Trinajstić information content (AvgIpc) is 2.76. The smallest absolute Gasteiger partial charge is 0.744 e. The molecule has 0 aliphatic heterocycles. The summed E-state index contributed by atoms with van der Waals surface area (Å²) >= 11 is 0. The summed E-state index contributed by atoms with van der Waals surface area (Å²) in [5.74, 6) is 0.273. The van der Waals surface area contributed by atoms with E-state index >= 15 is 0 Å². The zero-order valence-electron chi connectivity index (χ0n) is 19.7. The number of nitrogens with zero attached hydrogens (tertiary/aromatic N) is 4. The van der Waals surface area contributed by atoms with Crippen molar-refractivity contribution < 1.29 is 63.7 Å². The summed E-state index contributed by atoms with van der Waals surface area (Å²) < 4.78 is 66.8. The van der Waals surface area contributed by atoms with Gasteiger partial charge in [0.05, 0.1) is 15.4 Å². The second kappa shape index (κ2) is 12.5. The molecule has 176 valence electrons. The van der Waals surface area contributed by atoms with E-state index < -0.39 is 30.0 Å². The van der Waals surface area contributed by atoms with Gasteiger partial charge in [0.1, 0.15) is 32.0 Å². The van der Waals surface area contributed by atoms with Crippen LogP contribution in [0.3, 0.4) is 0 Å². The van der Waals surface area contributed by atoms with Gasteiger partial charge in [-0.1, -0.05) is 0 Å². The molecule has 1 heterocycles. The first-order valence-electron chi connectivity index (χ1n) is 9.34. The molecule has 2 aromatic carbocycles. The van der Waals surface area contributed by atoms with E-state index in [-0.39, 0.29) is 60.6 Å². The van der Waals surface area contributed by atoms with Crippen LogP contribution in [0.4, 0.5) is 28.7 Å². The number of aromatic nitrogens is 1. The molecule has 0 bridgehead atoms. The number of rotatable bonds is 7. The number of azo groups is 1. The topological polar surface area (TPSA) is 200 Å². The van der Waals surface area contributed by atoms with Gasteiger partial charge >= 0.3 is 37.7 Å². The summed E-state index contributed by atoms with van der Waals surface area (Å²) in [7, 11) is -7.79. The Bertz CT molecular complexity index is 1520.